The van der Waals surface area contributed by atoms with E-state index in [1.807, 2.05) is 62.4 Å². The average molecular weight is 832 g/mol. The second-order valence-electron chi connectivity index (χ2n) is 16.6. The normalized spacial score (nSPS) is 18.1. The van der Waals surface area contributed by atoms with Gasteiger partial charge in [0.1, 0.15) is 22.8 Å². The second kappa shape index (κ2) is 23.2. The second-order valence-corrected chi connectivity index (χ2v) is 16.6. The van der Waals surface area contributed by atoms with E-state index in [0.717, 1.165) is 5.56 Å². The molecule has 13 nitrogen and oxygen atoms in total. The van der Waals surface area contributed by atoms with Crippen molar-refractivity contribution in [2.75, 3.05) is 52.4 Å². The van der Waals surface area contributed by atoms with Gasteiger partial charge in [0.05, 0.1) is 5.92 Å². The van der Waals surface area contributed by atoms with E-state index >= 15 is 0 Å². The number of hydrogen-bond donors (Lipinski definition) is 1. The quantitative estimate of drug-likeness (QED) is 0.295. The van der Waals surface area contributed by atoms with Crippen LogP contribution in [0, 0.1) is 63.7 Å². The molecule has 1 saturated heterocycles. The molecule has 0 spiro atoms. The van der Waals surface area contributed by atoms with E-state index in [1.165, 1.54) is 14.7 Å². The van der Waals surface area contributed by atoms with Crippen LogP contribution < -0.4 is 5.32 Å². The van der Waals surface area contributed by atoms with Crippen LogP contribution in [0.5, 0.6) is 0 Å². The van der Waals surface area contributed by atoms with Crippen molar-refractivity contribution in [3.8, 4) is 0 Å². The minimum Gasteiger partial charge on any atom is -0.444 e. The molecule has 312 valence electrons. The summed E-state index contributed by atoms with van der Waals surface area (Å²) >= 11 is 0. The van der Waals surface area contributed by atoms with Crippen LogP contribution in [0.4, 0.5) is 14.4 Å². The van der Waals surface area contributed by atoms with Crippen molar-refractivity contribution >= 4 is 30.1 Å². The number of hydrogen-bond acceptors (Lipinski definition) is 8. The fraction of sp³-hybridized carbons (Fsp3) is 0.512. The SMILES string of the molecule is CC(C)(C)OC(=O)N1CCN(C(=O)OC(C)(C)C)CCN(C(=O)C(Cc2ccccc2)NC(=O)[C]2[CH][CH][CH][CH]2)CCN(C(=O)OC(C)(C)C)CC1.[CH]1[CH][CH][CH][CH]1.[Fe+2]. The van der Waals surface area contributed by atoms with E-state index in [9.17, 15) is 24.0 Å². The third-order valence-corrected chi connectivity index (χ3v) is 8.19. The third kappa shape index (κ3) is 19.2. The first-order valence-electron chi connectivity index (χ1n) is 19.2. The molecule has 0 bridgehead atoms. The zero-order chi connectivity index (χ0) is 41.5. The van der Waals surface area contributed by atoms with Crippen LogP contribution in [0.3, 0.4) is 0 Å². The van der Waals surface area contributed by atoms with Crippen LogP contribution in [0.1, 0.15) is 67.9 Å². The fourth-order valence-corrected chi connectivity index (χ4v) is 5.52. The van der Waals surface area contributed by atoms with Crippen molar-refractivity contribution in [3.63, 3.8) is 0 Å². The monoisotopic (exact) mass is 831 g/mol. The summed E-state index contributed by atoms with van der Waals surface area (Å²) in [5, 5.41) is 2.92. The Balaban J connectivity index is 0.00000173. The molecular weight excluding hydrogens is 770 g/mol. The van der Waals surface area contributed by atoms with Gasteiger partial charge in [-0.25, -0.2) is 14.4 Å². The Morgan fingerprint density at radius 2 is 0.877 bits per heavy atom. The molecular formula is C43H61FeN5O8+2. The van der Waals surface area contributed by atoms with Crippen LogP contribution in [0.2, 0.25) is 0 Å². The zero-order valence-electron chi connectivity index (χ0n) is 34.9. The van der Waals surface area contributed by atoms with Gasteiger partial charge < -0.3 is 39.1 Å². The summed E-state index contributed by atoms with van der Waals surface area (Å²) in [7, 11) is 0. The van der Waals surface area contributed by atoms with Crippen molar-refractivity contribution in [1.82, 2.24) is 24.9 Å². The number of carbonyl (C=O) groups is 5. The average Bonchev–Trinajstić information content (AvgIpc) is 3.84. The van der Waals surface area contributed by atoms with Gasteiger partial charge in [0, 0.05) is 58.8 Å². The molecule has 57 heavy (non-hydrogen) atoms. The number of amides is 5. The van der Waals surface area contributed by atoms with Gasteiger partial charge in [-0.3, -0.25) is 9.59 Å². The number of nitrogens with zero attached hydrogens (tertiary/aromatic N) is 4. The maximum Gasteiger partial charge on any atom is 2.00 e. The first-order valence-corrected chi connectivity index (χ1v) is 19.2. The number of nitrogens with one attached hydrogen (secondary N) is 1. The number of ether oxygens (including phenoxy) is 3. The largest absolute Gasteiger partial charge is 2.00 e. The van der Waals surface area contributed by atoms with Gasteiger partial charge in [-0.2, -0.15) is 0 Å². The molecule has 1 unspecified atom stereocenters. The van der Waals surface area contributed by atoms with Gasteiger partial charge >= 0.3 is 35.3 Å². The Bertz CT molecular complexity index is 1360. The van der Waals surface area contributed by atoms with Gasteiger partial charge in [-0.05, 0) is 126 Å². The van der Waals surface area contributed by atoms with Gasteiger partial charge in [0.2, 0.25) is 11.8 Å². The van der Waals surface area contributed by atoms with Crippen LogP contribution in [0.25, 0.3) is 0 Å². The van der Waals surface area contributed by atoms with Crippen LogP contribution >= 0.6 is 0 Å². The Hall–Kier alpha value is -3.51. The Morgan fingerprint density at radius 1 is 0.544 bits per heavy atom. The Morgan fingerprint density at radius 3 is 1.21 bits per heavy atom. The molecule has 3 fully saturated rings. The number of rotatable bonds is 5. The topological polar surface area (TPSA) is 138 Å². The van der Waals surface area contributed by atoms with Gasteiger partial charge in [-0.15, -0.1) is 0 Å². The minimum atomic E-state index is -0.949. The van der Waals surface area contributed by atoms with Crippen molar-refractivity contribution in [3.05, 3.63) is 99.6 Å². The van der Waals surface area contributed by atoms with Crippen molar-refractivity contribution in [2.45, 2.75) is 91.6 Å². The van der Waals surface area contributed by atoms with Crippen molar-refractivity contribution < 1.29 is 55.3 Å². The van der Waals surface area contributed by atoms with E-state index < -0.39 is 47.0 Å². The molecule has 2 saturated carbocycles. The van der Waals surface area contributed by atoms with Crippen LogP contribution in [0.15, 0.2) is 30.3 Å². The summed E-state index contributed by atoms with van der Waals surface area (Å²) in [4.78, 5) is 74.0. The maximum absolute atomic E-state index is 14.5. The first-order chi connectivity index (χ1) is 26.2. The predicted octanol–water partition coefficient (Wildman–Crippen LogP) is 5.69. The summed E-state index contributed by atoms with van der Waals surface area (Å²) in [5.74, 6) is -0.340. The molecule has 10 radical (unpaired) electrons. The van der Waals surface area contributed by atoms with Crippen LogP contribution in [-0.2, 0) is 47.3 Å². The molecule has 1 N–H and O–H groups in total. The summed E-state index contributed by atoms with van der Waals surface area (Å²) in [6.07, 6.45) is 15.3. The predicted molar refractivity (Wildman–Crippen MR) is 214 cm³/mol. The Kier molecular flexibility index (Phi) is 20.2. The molecule has 1 heterocycles. The van der Waals surface area contributed by atoms with E-state index in [0.29, 0.717) is 5.92 Å². The fourth-order valence-electron chi connectivity index (χ4n) is 5.52. The molecule has 1 atom stereocenters. The van der Waals surface area contributed by atoms with E-state index in [-0.39, 0.29) is 81.8 Å². The van der Waals surface area contributed by atoms with Crippen LogP contribution in [-0.4, -0.2) is 125 Å². The van der Waals surface area contributed by atoms with E-state index in [2.05, 4.69) is 5.32 Å². The maximum atomic E-state index is 14.5. The first kappa shape index (κ1) is 49.6. The smallest absolute Gasteiger partial charge is 0.444 e. The molecule has 14 heteroatoms. The molecule has 4 rings (SSSR count). The van der Waals surface area contributed by atoms with Crippen molar-refractivity contribution in [1.29, 1.82) is 0 Å². The Labute approximate surface area is 352 Å². The molecule has 5 amide bonds. The van der Waals surface area contributed by atoms with E-state index in [4.69, 9.17) is 14.2 Å². The van der Waals surface area contributed by atoms with Gasteiger partial charge in [-0.1, -0.05) is 30.3 Å². The standard InChI is InChI=1S/C38H56N5O8.C5H5.Fe/c1-36(2,3)49-33(46)41-21-19-40(32(45)30(27-28-15-11-10-12-16-28)39-31(44)29-17-13-14-18-29)20-22-42(34(47)50-37(4,5)6)24-26-43(25-23-41)35(48)51-38(7,8)9;1-2-4-5-3-1;/h10-18,30H,19-27H2,1-9H3,(H,39,44);1-5H;/q;;+2. The number of carbonyl (C=O) groups excluding carboxylic acids is 5. The summed E-state index contributed by atoms with van der Waals surface area (Å²) in [5.41, 5.74) is -1.51. The molecule has 2 aliphatic carbocycles. The molecule has 1 aromatic rings. The van der Waals surface area contributed by atoms with E-state index in [1.54, 1.807) is 92.9 Å². The number of benzene rings is 1. The summed E-state index contributed by atoms with van der Waals surface area (Å²) < 4.78 is 17.1. The minimum absolute atomic E-state index is 0. The molecule has 3 aliphatic rings. The van der Waals surface area contributed by atoms with Crippen molar-refractivity contribution in [2.24, 2.45) is 0 Å². The summed E-state index contributed by atoms with van der Waals surface area (Å²) in [6, 6.07) is 8.43. The molecule has 0 aromatic heterocycles. The summed E-state index contributed by atoms with van der Waals surface area (Å²) in [6.45, 7) is 16.4. The van der Waals surface area contributed by atoms with Gasteiger partial charge in [0.15, 0.2) is 0 Å². The third-order valence-electron chi connectivity index (χ3n) is 8.19. The molecule has 1 aliphatic heterocycles. The van der Waals surface area contributed by atoms with Gasteiger partial charge in [0.25, 0.3) is 0 Å². The molecule has 1 aromatic carbocycles. The zero-order valence-corrected chi connectivity index (χ0v) is 36.0.